The highest BCUT2D eigenvalue weighted by atomic mass is 31.1. The monoisotopic (exact) mass is 127 g/mol. The minimum absolute atomic E-state index is 1.32. The fourth-order valence-electron chi connectivity index (χ4n) is 0.0638. The lowest BCUT2D eigenvalue weighted by Crippen LogP contribution is -1.89. The summed E-state index contributed by atoms with van der Waals surface area (Å²) in [4.78, 5) is 16.7. The molecule has 7 heavy (non-hydrogen) atoms. The van der Waals surface area contributed by atoms with Gasteiger partial charge in [-0.15, -0.1) is 10.1 Å². The summed E-state index contributed by atoms with van der Waals surface area (Å²) in [5.41, 5.74) is 0. The Bertz CT molecular complexity index is 84.3. The third-order valence-electron chi connectivity index (χ3n) is 0.153. The smallest absolute Gasteiger partial charge is 0.328 e. The summed E-state index contributed by atoms with van der Waals surface area (Å²) in [6, 6.07) is 0. The molecule has 1 atom stereocenters. The zero-order valence-electron chi connectivity index (χ0n) is 3.03. The maximum Gasteiger partial charge on any atom is 0.357 e. The molecule has 0 aliphatic rings. The van der Waals surface area contributed by atoms with Gasteiger partial charge in [-0.3, -0.25) is 4.57 Å². The molecule has 1 unspecified atom stereocenters. The Balaban J connectivity index is 3.32. The van der Waals surface area contributed by atoms with Gasteiger partial charge in [-0.2, -0.15) is 0 Å². The van der Waals surface area contributed by atoms with Crippen molar-refractivity contribution in [2.24, 2.45) is 0 Å². The van der Waals surface area contributed by atoms with Gasteiger partial charge >= 0.3 is 13.3 Å². The second kappa shape index (κ2) is 2.54. The normalized spacial score (nSPS) is 12.7. The zero-order valence-corrected chi connectivity index (χ0v) is 4.03. The van der Waals surface area contributed by atoms with Gasteiger partial charge < -0.3 is 4.89 Å². The van der Waals surface area contributed by atoms with Crippen molar-refractivity contribution in [3.05, 3.63) is 10.1 Å². The van der Waals surface area contributed by atoms with Crippen molar-refractivity contribution in [2.45, 2.75) is 0 Å². The predicted octanol–water partition coefficient (Wildman–Crippen LogP) is -0.423. The van der Waals surface area contributed by atoms with Crippen LogP contribution in [0, 0.1) is 10.1 Å². The second-order valence-corrected chi connectivity index (χ2v) is 1.30. The molecule has 0 aromatic heterocycles. The number of rotatable bonds is 2. The molecule has 0 fully saturated rings. The van der Waals surface area contributed by atoms with Crippen LogP contribution in [0.4, 0.5) is 0 Å². The van der Waals surface area contributed by atoms with Gasteiger partial charge in [0.1, 0.15) is 0 Å². The van der Waals surface area contributed by atoms with Gasteiger partial charge in [-0.05, 0) is 0 Å². The standard InChI is InChI=1S/H2NO5P/c2-1(3)6-7(4)5/h7H,(H,4,5). The average Bonchev–Trinajstić information content (AvgIpc) is 1.27. The van der Waals surface area contributed by atoms with Gasteiger partial charge in [0.2, 0.25) is 0 Å². The Kier molecular flexibility index (Phi) is 2.32. The van der Waals surface area contributed by atoms with Crippen LogP contribution in [0.25, 0.3) is 0 Å². The largest absolute Gasteiger partial charge is 0.357 e. The Morgan fingerprint density at radius 2 is 2.29 bits per heavy atom. The molecule has 6 nitrogen and oxygen atoms in total. The van der Waals surface area contributed by atoms with E-state index in [-0.39, 0.29) is 0 Å². The Morgan fingerprint density at radius 1 is 1.86 bits per heavy atom. The van der Waals surface area contributed by atoms with E-state index >= 15 is 0 Å². The van der Waals surface area contributed by atoms with Crippen molar-refractivity contribution >= 4 is 8.25 Å². The fourth-order valence-corrected chi connectivity index (χ4v) is 0.191. The highest BCUT2D eigenvalue weighted by Crippen LogP contribution is 2.12. The van der Waals surface area contributed by atoms with E-state index in [2.05, 4.69) is 4.62 Å². The number of hydrogen-bond donors (Lipinski definition) is 1. The van der Waals surface area contributed by atoms with Gasteiger partial charge in [0.15, 0.2) is 0 Å². The summed E-state index contributed by atoms with van der Waals surface area (Å²) in [6.45, 7) is 0. The molecule has 0 aromatic rings. The first kappa shape index (κ1) is 6.39. The molecule has 0 rings (SSSR count). The lowest BCUT2D eigenvalue weighted by Gasteiger charge is -1.84. The van der Waals surface area contributed by atoms with E-state index in [0.29, 0.717) is 0 Å². The summed E-state index contributed by atoms with van der Waals surface area (Å²) < 4.78 is 12.4. The first-order valence-electron chi connectivity index (χ1n) is 1.18. The van der Waals surface area contributed by atoms with Crippen LogP contribution in [0.2, 0.25) is 0 Å². The molecule has 0 radical (unpaired) electrons. The van der Waals surface area contributed by atoms with E-state index in [0.717, 1.165) is 0 Å². The third kappa shape index (κ3) is 5.39. The molecule has 1 N–H and O–H groups in total. The zero-order chi connectivity index (χ0) is 5.86. The Hall–Kier alpha value is -0.610. The summed E-state index contributed by atoms with van der Waals surface area (Å²) in [5.74, 6) is 0. The van der Waals surface area contributed by atoms with Gasteiger partial charge in [0, 0.05) is 0 Å². The Morgan fingerprint density at radius 3 is 2.29 bits per heavy atom. The second-order valence-electron chi connectivity index (χ2n) is 0.581. The molecular formula is H2NO5P. The van der Waals surface area contributed by atoms with Gasteiger partial charge in [-0.25, -0.2) is 4.62 Å². The molecule has 0 aliphatic heterocycles. The molecular weight excluding hydrogens is 125 g/mol. The molecule has 0 heterocycles. The molecule has 42 valence electrons. The van der Waals surface area contributed by atoms with Crippen LogP contribution in [0.15, 0.2) is 0 Å². The van der Waals surface area contributed by atoms with E-state index < -0.39 is 13.3 Å². The molecule has 0 aliphatic carbocycles. The number of nitrogens with zero attached hydrogens (tertiary/aromatic N) is 1. The van der Waals surface area contributed by atoms with Crippen LogP contribution in [0.5, 0.6) is 0 Å². The minimum atomic E-state index is -3.38. The molecule has 0 amide bonds. The highest BCUT2D eigenvalue weighted by molar-refractivity contribution is 7.31. The molecule has 0 saturated heterocycles. The summed E-state index contributed by atoms with van der Waals surface area (Å²) >= 11 is 0. The van der Waals surface area contributed by atoms with Crippen molar-refractivity contribution in [3.63, 3.8) is 0 Å². The van der Waals surface area contributed by atoms with Gasteiger partial charge in [0.25, 0.3) is 0 Å². The fraction of sp³-hybridized carbons (Fsp3) is 0. The van der Waals surface area contributed by atoms with E-state index in [1.54, 1.807) is 0 Å². The third-order valence-corrected chi connectivity index (χ3v) is 0.458. The van der Waals surface area contributed by atoms with Crippen LogP contribution < -0.4 is 0 Å². The van der Waals surface area contributed by atoms with Crippen LogP contribution in [0.1, 0.15) is 0 Å². The van der Waals surface area contributed by atoms with Crippen molar-refractivity contribution in [2.75, 3.05) is 0 Å². The van der Waals surface area contributed by atoms with E-state index in [4.69, 9.17) is 15.0 Å². The summed E-state index contributed by atoms with van der Waals surface area (Å²) in [7, 11) is -3.38. The SMILES string of the molecule is O=[N+]([O-])O[PH](=O)O. The van der Waals surface area contributed by atoms with Gasteiger partial charge in [-0.1, -0.05) is 0 Å². The maximum atomic E-state index is 9.33. The number of hydrogen-bond acceptors (Lipinski definition) is 4. The minimum Gasteiger partial charge on any atom is -0.328 e. The van der Waals surface area contributed by atoms with E-state index in [1.165, 1.54) is 0 Å². The van der Waals surface area contributed by atoms with Crippen molar-refractivity contribution in [1.82, 2.24) is 0 Å². The quantitative estimate of drug-likeness (QED) is 0.309. The molecule has 0 saturated carbocycles. The lowest BCUT2D eigenvalue weighted by atomic mass is 13.1. The van der Waals surface area contributed by atoms with Gasteiger partial charge in [0.05, 0.1) is 0 Å². The predicted molar refractivity (Wildman–Crippen MR) is 19.3 cm³/mol. The van der Waals surface area contributed by atoms with Crippen molar-refractivity contribution in [1.29, 1.82) is 0 Å². The molecule has 0 bridgehead atoms. The van der Waals surface area contributed by atoms with Crippen LogP contribution in [0.3, 0.4) is 0 Å². The summed E-state index contributed by atoms with van der Waals surface area (Å²) in [6.07, 6.45) is 0. The van der Waals surface area contributed by atoms with Crippen LogP contribution in [-0.2, 0) is 9.19 Å². The molecule has 7 heteroatoms. The van der Waals surface area contributed by atoms with Crippen LogP contribution >= 0.6 is 8.25 Å². The lowest BCUT2D eigenvalue weighted by molar-refractivity contribution is -0.713. The molecule has 0 aromatic carbocycles. The highest BCUT2D eigenvalue weighted by Gasteiger charge is 1.95. The topological polar surface area (TPSA) is 89.7 Å². The van der Waals surface area contributed by atoms with Crippen molar-refractivity contribution in [3.8, 4) is 0 Å². The molecule has 0 spiro atoms. The Labute approximate surface area is 38.8 Å². The average molecular weight is 127 g/mol. The van der Waals surface area contributed by atoms with Crippen molar-refractivity contribution < 1.29 is 19.2 Å². The van der Waals surface area contributed by atoms with E-state index in [1.807, 2.05) is 0 Å². The first-order valence-corrected chi connectivity index (χ1v) is 2.44. The maximum absolute atomic E-state index is 9.33. The first-order chi connectivity index (χ1) is 3.13. The van der Waals surface area contributed by atoms with Crippen LogP contribution in [-0.4, -0.2) is 9.98 Å². The summed E-state index contributed by atoms with van der Waals surface area (Å²) in [5, 5.41) is 7.74. The van der Waals surface area contributed by atoms with E-state index in [9.17, 15) is 4.57 Å².